The minimum absolute atomic E-state index is 0.0474. The molecule has 0 fully saturated rings. The molecule has 0 aliphatic carbocycles. The monoisotopic (exact) mass is 330 g/mol. The van der Waals surface area contributed by atoms with Gasteiger partial charge in [0.1, 0.15) is 0 Å². The second kappa shape index (κ2) is 7.92. The largest absolute Gasteiger partial charge is 0.478 e. The second-order valence-corrected chi connectivity index (χ2v) is 4.78. The molecular formula is C18H18O6. The van der Waals surface area contributed by atoms with Gasteiger partial charge < -0.3 is 15.3 Å². The van der Waals surface area contributed by atoms with Crippen LogP contribution in [0.4, 0.5) is 0 Å². The summed E-state index contributed by atoms with van der Waals surface area (Å²) in [5.41, 5.74) is -1.17. The average Bonchev–Trinajstić information content (AvgIpc) is 2.48. The summed E-state index contributed by atoms with van der Waals surface area (Å²) in [5, 5.41) is 28.6. The van der Waals surface area contributed by atoms with Crippen LogP contribution in [0.2, 0.25) is 0 Å². The maximum absolute atomic E-state index is 11.8. The SMILES string of the molecule is CC=Cc1c(C=CC)c(C(=O)O)c(C(=O)O)c(C=CC)c1C(=O)O. The number of benzene rings is 1. The highest BCUT2D eigenvalue weighted by Crippen LogP contribution is 2.32. The van der Waals surface area contributed by atoms with Crippen molar-refractivity contribution in [2.45, 2.75) is 20.8 Å². The zero-order valence-electron chi connectivity index (χ0n) is 13.5. The predicted octanol–water partition coefficient (Wildman–Crippen LogP) is 3.88. The van der Waals surface area contributed by atoms with Crippen LogP contribution in [0, 0.1) is 0 Å². The fraction of sp³-hybridized carbons (Fsp3) is 0.167. The minimum atomic E-state index is -1.50. The van der Waals surface area contributed by atoms with Gasteiger partial charge in [0.05, 0.1) is 16.7 Å². The van der Waals surface area contributed by atoms with E-state index < -0.39 is 29.0 Å². The van der Waals surface area contributed by atoms with E-state index in [9.17, 15) is 29.7 Å². The molecular weight excluding hydrogens is 312 g/mol. The van der Waals surface area contributed by atoms with Crippen LogP contribution in [-0.2, 0) is 0 Å². The molecule has 0 aliphatic heterocycles. The molecule has 0 atom stereocenters. The molecule has 3 N–H and O–H groups in total. The van der Waals surface area contributed by atoms with E-state index in [-0.39, 0.29) is 22.3 Å². The van der Waals surface area contributed by atoms with E-state index in [1.165, 1.54) is 30.4 Å². The lowest BCUT2D eigenvalue weighted by molar-refractivity contribution is 0.0648. The highest BCUT2D eigenvalue weighted by Gasteiger charge is 2.30. The third-order valence-electron chi connectivity index (χ3n) is 3.26. The fourth-order valence-electron chi connectivity index (χ4n) is 2.50. The zero-order chi connectivity index (χ0) is 18.4. The quantitative estimate of drug-likeness (QED) is 0.729. The van der Waals surface area contributed by atoms with E-state index in [1.807, 2.05) is 0 Å². The molecule has 0 saturated carbocycles. The van der Waals surface area contributed by atoms with Crippen LogP contribution in [0.3, 0.4) is 0 Å². The van der Waals surface area contributed by atoms with Gasteiger partial charge in [0.25, 0.3) is 0 Å². The summed E-state index contributed by atoms with van der Waals surface area (Å²) in [6.07, 6.45) is 8.73. The molecule has 0 aromatic heterocycles. The third-order valence-corrected chi connectivity index (χ3v) is 3.26. The molecule has 0 saturated heterocycles. The van der Waals surface area contributed by atoms with Crippen LogP contribution < -0.4 is 0 Å². The van der Waals surface area contributed by atoms with E-state index in [4.69, 9.17) is 0 Å². The van der Waals surface area contributed by atoms with E-state index in [2.05, 4.69) is 0 Å². The first-order chi connectivity index (χ1) is 11.3. The van der Waals surface area contributed by atoms with Gasteiger partial charge in [-0.3, -0.25) is 0 Å². The van der Waals surface area contributed by atoms with Gasteiger partial charge in [0.2, 0.25) is 0 Å². The van der Waals surface area contributed by atoms with Crippen molar-refractivity contribution >= 4 is 36.1 Å². The van der Waals surface area contributed by atoms with Crippen molar-refractivity contribution in [3.8, 4) is 0 Å². The Bertz CT molecular complexity index is 781. The first kappa shape index (κ1) is 18.9. The van der Waals surface area contributed by atoms with Crippen molar-refractivity contribution in [2.75, 3.05) is 0 Å². The molecule has 6 heteroatoms. The fourth-order valence-corrected chi connectivity index (χ4v) is 2.50. The van der Waals surface area contributed by atoms with Crippen molar-refractivity contribution in [1.29, 1.82) is 0 Å². The number of rotatable bonds is 6. The molecule has 0 spiro atoms. The Hall–Kier alpha value is -3.15. The van der Waals surface area contributed by atoms with Gasteiger partial charge in [0.15, 0.2) is 0 Å². The molecule has 0 bridgehead atoms. The standard InChI is InChI=1S/C18H18O6/c1-4-7-10-11(8-5-2)14(17(21)22)15(18(23)24)12(9-6-3)13(10)16(19)20/h4-9H,1-3H3,(H,19,20)(H,21,22)(H,23,24). The van der Waals surface area contributed by atoms with E-state index in [0.29, 0.717) is 0 Å². The molecule has 0 heterocycles. The molecule has 126 valence electrons. The van der Waals surface area contributed by atoms with Crippen LogP contribution in [-0.4, -0.2) is 33.2 Å². The molecule has 0 amide bonds. The first-order valence-corrected chi connectivity index (χ1v) is 7.13. The van der Waals surface area contributed by atoms with Crippen LogP contribution in [0.15, 0.2) is 18.2 Å². The molecule has 24 heavy (non-hydrogen) atoms. The molecule has 0 aliphatic rings. The number of carboxylic acid groups (broad SMARTS) is 3. The number of carbonyl (C=O) groups is 3. The normalized spacial score (nSPS) is 11.6. The molecule has 6 nitrogen and oxygen atoms in total. The summed E-state index contributed by atoms with van der Waals surface area (Å²) in [7, 11) is 0. The van der Waals surface area contributed by atoms with Gasteiger partial charge in [-0.05, 0) is 31.9 Å². The first-order valence-electron chi connectivity index (χ1n) is 7.13. The number of allylic oxidation sites excluding steroid dienone is 3. The Morgan fingerprint density at radius 3 is 1.21 bits per heavy atom. The van der Waals surface area contributed by atoms with Crippen LogP contribution in [0.1, 0.15) is 68.5 Å². The number of aromatic carboxylic acids is 3. The average molecular weight is 330 g/mol. The highest BCUT2D eigenvalue weighted by atomic mass is 16.4. The Morgan fingerprint density at radius 2 is 0.875 bits per heavy atom. The van der Waals surface area contributed by atoms with Gasteiger partial charge in [-0.1, -0.05) is 36.5 Å². The summed E-state index contributed by atoms with van der Waals surface area (Å²) in [6.45, 7) is 4.88. The van der Waals surface area contributed by atoms with E-state index >= 15 is 0 Å². The number of hydrogen-bond donors (Lipinski definition) is 3. The number of hydrogen-bond acceptors (Lipinski definition) is 3. The summed E-state index contributed by atoms with van der Waals surface area (Å²) in [6, 6.07) is 0. The van der Waals surface area contributed by atoms with E-state index in [0.717, 1.165) is 0 Å². The van der Waals surface area contributed by atoms with Gasteiger partial charge in [-0.25, -0.2) is 14.4 Å². The Balaban J connectivity index is 4.35. The van der Waals surface area contributed by atoms with E-state index in [1.54, 1.807) is 26.8 Å². The van der Waals surface area contributed by atoms with Gasteiger partial charge in [-0.2, -0.15) is 0 Å². The lowest BCUT2D eigenvalue weighted by Gasteiger charge is -2.17. The smallest absolute Gasteiger partial charge is 0.337 e. The van der Waals surface area contributed by atoms with Gasteiger partial charge >= 0.3 is 17.9 Å². The molecule has 1 aromatic carbocycles. The highest BCUT2D eigenvalue weighted by molar-refractivity contribution is 6.12. The maximum Gasteiger partial charge on any atom is 0.337 e. The summed E-state index contributed by atoms with van der Waals surface area (Å²) in [5.74, 6) is -4.27. The molecule has 1 rings (SSSR count). The summed E-state index contributed by atoms with van der Waals surface area (Å²) < 4.78 is 0. The van der Waals surface area contributed by atoms with Crippen molar-refractivity contribution in [2.24, 2.45) is 0 Å². The lowest BCUT2D eigenvalue weighted by atomic mass is 9.85. The van der Waals surface area contributed by atoms with Crippen LogP contribution in [0.25, 0.3) is 18.2 Å². The predicted molar refractivity (Wildman–Crippen MR) is 91.4 cm³/mol. The maximum atomic E-state index is 11.8. The summed E-state index contributed by atoms with van der Waals surface area (Å²) >= 11 is 0. The van der Waals surface area contributed by atoms with Gasteiger partial charge in [-0.15, -0.1) is 0 Å². The Labute approximate surface area is 139 Å². The molecule has 0 unspecified atom stereocenters. The van der Waals surface area contributed by atoms with Crippen molar-refractivity contribution in [1.82, 2.24) is 0 Å². The van der Waals surface area contributed by atoms with Crippen LogP contribution >= 0.6 is 0 Å². The third kappa shape index (κ3) is 3.43. The van der Waals surface area contributed by atoms with Crippen molar-refractivity contribution in [3.05, 3.63) is 51.6 Å². The van der Waals surface area contributed by atoms with Crippen LogP contribution in [0.5, 0.6) is 0 Å². The topological polar surface area (TPSA) is 112 Å². The Kier molecular flexibility index (Phi) is 6.23. The Morgan fingerprint density at radius 1 is 0.583 bits per heavy atom. The summed E-state index contributed by atoms with van der Waals surface area (Å²) in [4.78, 5) is 35.2. The van der Waals surface area contributed by atoms with Crippen molar-refractivity contribution < 1.29 is 29.7 Å². The molecule has 0 radical (unpaired) electrons. The second-order valence-electron chi connectivity index (χ2n) is 4.78. The lowest BCUT2D eigenvalue weighted by Crippen LogP contribution is -2.18. The van der Waals surface area contributed by atoms with Gasteiger partial charge in [0, 0.05) is 5.56 Å². The zero-order valence-corrected chi connectivity index (χ0v) is 13.5. The number of carboxylic acids is 3. The molecule has 1 aromatic rings. The minimum Gasteiger partial charge on any atom is -0.478 e. The van der Waals surface area contributed by atoms with Crippen molar-refractivity contribution in [3.63, 3.8) is 0 Å².